The first-order chi connectivity index (χ1) is 9.40. The number of halogens is 1. The van der Waals surface area contributed by atoms with E-state index in [1.54, 1.807) is 30.3 Å². The fourth-order valence-electron chi connectivity index (χ4n) is 1.86. The Balaban J connectivity index is 2.20. The lowest BCUT2D eigenvalue weighted by molar-refractivity contribution is 0.581. The van der Waals surface area contributed by atoms with E-state index in [4.69, 9.17) is 11.6 Å². The Kier molecular flexibility index (Phi) is 4.48. The van der Waals surface area contributed by atoms with Crippen molar-refractivity contribution in [3.8, 4) is 0 Å². The van der Waals surface area contributed by atoms with Gasteiger partial charge in [0.25, 0.3) is 0 Å². The van der Waals surface area contributed by atoms with Gasteiger partial charge in [-0.15, -0.1) is 0 Å². The van der Waals surface area contributed by atoms with E-state index in [1.165, 1.54) is 0 Å². The van der Waals surface area contributed by atoms with E-state index in [0.29, 0.717) is 5.02 Å². The summed E-state index contributed by atoms with van der Waals surface area (Å²) in [7, 11) is -3.52. The van der Waals surface area contributed by atoms with Crippen molar-refractivity contribution >= 4 is 21.6 Å². The van der Waals surface area contributed by atoms with Crippen molar-refractivity contribution in [3.63, 3.8) is 0 Å². The molecule has 0 saturated heterocycles. The Labute approximate surface area is 124 Å². The quantitative estimate of drug-likeness (QED) is 0.940. The molecule has 2 rings (SSSR count). The minimum Gasteiger partial charge on any atom is -0.207 e. The van der Waals surface area contributed by atoms with Crippen LogP contribution in [-0.4, -0.2) is 8.42 Å². The van der Waals surface area contributed by atoms with E-state index in [2.05, 4.69) is 4.72 Å². The average molecular weight is 310 g/mol. The molecule has 5 heteroatoms. The minimum atomic E-state index is -3.52. The summed E-state index contributed by atoms with van der Waals surface area (Å²) in [6.45, 7) is 4.00. The van der Waals surface area contributed by atoms with Crippen LogP contribution in [0.5, 0.6) is 0 Å². The first-order valence-corrected chi connectivity index (χ1v) is 8.06. The normalized spacial score (nSPS) is 11.6. The molecule has 1 N–H and O–H groups in total. The predicted molar refractivity (Wildman–Crippen MR) is 81.4 cm³/mol. The van der Waals surface area contributed by atoms with Crippen LogP contribution in [0.15, 0.2) is 47.4 Å². The molecule has 0 atom stereocenters. The van der Waals surface area contributed by atoms with Crippen LogP contribution in [0.25, 0.3) is 0 Å². The highest BCUT2D eigenvalue weighted by atomic mass is 35.5. The Morgan fingerprint density at radius 2 is 1.70 bits per heavy atom. The highest BCUT2D eigenvalue weighted by Crippen LogP contribution is 2.20. The van der Waals surface area contributed by atoms with Crippen LogP contribution < -0.4 is 4.72 Å². The van der Waals surface area contributed by atoms with Crippen molar-refractivity contribution in [2.45, 2.75) is 25.3 Å². The lowest BCUT2D eigenvalue weighted by Gasteiger charge is -2.10. The number of sulfonamides is 1. The van der Waals surface area contributed by atoms with Gasteiger partial charge in [0, 0.05) is 11.6 Å². The van der Waals surface area contributed by atoms with Gasteiger partial charge in [0.15, 0.2) is 0 Å². The van der Waals surface area contributed by atoms with Crippen LogP contribution in [0.3, 0.4) is 0 Å². The van der Waals surface area contributed by atoms with Crippen molar-refractivity contribution in [2.24, 2.45) is 0 Å². The van der Waals surface area contributed by atoms with E-state index in [0.717, 1.165) is 16.7 Å². The molecule has 20 heavy (non-hydrogen) atoms. The first kappa shape index (κ1) is 15.0. The summed E-state index contributed by atoms with van der Waals surface area (Å²) in [6.07, 6.45) is 0. The second-order valence-corrected chi connectivity index (χ2v) is 6.85. The molecule has 0 aromatic heterocycles. The second kappa shape index (κ2) is 5.95. The van der Waals surface area contributed by atoms with E-state index in [1.807, 2.05) is 26.0 Å². The van der Waals surface area contributed by atoms with Crippen molar-refractivity contribution < 1.29 is 8.42 Å². The maximum atomic E-state index is 12.2. The average Bonchev–Trinajstić information content (AvgIpc) is 2.38. The van der Waals surface area contributed by atoms with E-state index >= 15 is 0 Å². The third-order valence-electron chi connectivity index (χ3n) is 3.12. The summed E-state index contributed by atoms with van der Waals surface area (Å²) >= 11 is 6.09. The monoisotopic (exact) mass is 309 g/mol. The molecule has 0 fully saturated rings. The Bertz CT molecular complexity index is 689. The maximum Gasteiger partial charge on any atom is 0.240 e. The molecule has 0 saturated carbocycles. The van der Waals surface area contributed by atoms with E-state index in [9.17, 15) is 8.42 Å². The maximum absolute atomic E-state index is 12.2. The van der Waals surface area contributed by atoms with Crippen LogP contribution in [0.2, 0.25) is 5.02 Å². The van der Waals surface area contributed by atoms with Crippen molar-refractivity contribution in [2.75, 3.05) is 0 Å². The summed E-state index contributed by atoms with van der Waals surface area (Å²) in [4.78, 5) is 0.257. The summed E-state index contributed by atoms with van der Waals surface area (Å²) in [5.74, 6) is 0. The number of rotatable bonds is 4. The summed E-state index contributed by atoms with van der Waals surface area (Å²) in [5, 5.41) is 0.566. The molecule has 0 heterocycles. The first-order valence-electron chi connectivity index (χ1n) is 6.20. The van der Waals surface area contributed by atoms with Crippen molar-refractivity contribution in [1.82, 2.24) is 4.72 Å². The van der Waals surface area contributed by atoms with Gasteiger partial charge >= 0.3 is 0 Å². The van der Waals surface area contributed by atoms with Gasteiger partial charge in [-0.2, -0.15) is 0 Å². The van der Waals surface area contributed by atoms with Gasteiger partial charge in [-0.3, -0.25) is 0 Å². The standard InChI is InChI=1S/C15H16ClNO2S/c1-11-6-8-13(9-7-11)20(18,19)17-10-14-12(2)4-3-5-15(14)16/h3-9,17H,10H2,1-2H3. The molecule has 0 bridgehead atoms. The van der Waals surface area contributed by atoms with Crippen molar-refractivity contribution in [1.29, 1.82) is 0 Å². The van der Waals surface area contributed by atoms with Gasteiger partial charge < -0.3 is 0 Å². The Morgan fingerprint density at radius 1 is 1.05 bits per heavy atom. The molecule has 2 aromatic carbocycles. The molecule has 0 radical (unpaired) electrons. The molecule has 0 amide bonds. The fourth-order valence-corrected chi connectivity index (χ4v) is 3.14. The van der Waals surface area contributed by atoms with Gasteiger partial charge in [-0.1, -0.05) is 41.4 Å². The van der Waals surface area contributed by atoms with Crippen LogP contribution in [0.1, 0.15) is 16.7 Å². The SMILES string of the molecule is Cc1ccc(S(=O)(=O)NCc2c(C)cccc2Cl)cc1. The van der Waals surface area contributed by atoms with Crippen LogP contribution in [0.4, 0.5) is 0 Å². The summed E-state index contributed by atoms with van der Waals surface area (Å²) in [6, 6.07) is 12.2. The van der Waals surface area contributed by atoms with Gasteiger partial charge in [-0.25, -0.2) is 13.1 Å². The zero-order valence-electron chi connectivity index (χ0n) is 11.4. The number of hydrogen-bond acceptors (Lipinski definition) is 2. The molecule has 0 unspecified atom stereocenters. The third-order valence-corrected chi connectivity index (χ3v) is 4.89. The Morgan fingerprint density at radius 3 is 2.30 bits per heavy atom. The highest BCUT2D eigenvalue weighted by molar-refractivity contribution is 7.89. The number of benzene rings is 2. The predicted octanol–water partition coefficient (Wildman–Crippen LogP) is 3.44. The van der Waals surface area contributed by atoms with Crippen LogP contribution in [0, 0.1) is 13.8 Å². The molecular formula is C15H16ClNO2S. The molecule has 0 aliphatic heterocycles. The van der Waals surface area contributed by atoms with Gasteiger partial charge in [-0.05, 0) is 43.2 Å². The summed E-state index contributed by atoms with van der Waals surface area (Å²) in [5.41, 5.74) is 2.78. The number of aryl methyl sites for hydroxylation is 2. The second-order valence-electron chi connectivity index (χ2n) is 4.67. The topological polar surface area (TPSA) is 46.2 Å². The molecule has 0 aliphatic carbocycles. The van der Waals surface area contributed by atoms with Crippen LogP contribution in [-0.2, 0) is 16.6 Å². The van der Waals surface area contributed by atoms with E-state index < -0.39 is 10.0 Å². The number of nitrogens with one attached hydrogen (secondary N) is 1. The zero-order chi connectivity index (χ0) is 14.8. The largest absolute Gasteiger partial charge is 0.240 e. The molecule has 0 aliphatic rings. The molecule has 3 nitrogen and oxygen atoms in total. The van der Waals surface area contributed by atoms with Crippen LogP contribution >= 0.6 is 11.6 Å². The smallest absolute Gasteiger partial charge is 0.207 e. The van der Waals surface area contributed by atoms with Crippen molar-refractivity contribution in [3.05, 3.63) is 64.2 Å². The number of hydrogen-bond donors (Lipinski definition) is 1. The molecule has 106 valence electrons. The zero-order valence-corrected chi connectivity index (χ0v) is 12.9. The lowest BCUT2D eigenvalue weighted by Crippen LogP contribution is -2.23. The molecule has 2 aromatic rings. The van der Waals surface area contributed by atoms with Gasteiger partial charge in [0.1, 0.15) is 0 Å². The Hall–Kier alpha value is -1.36. The fraction of sp³-hybridized carbons (Fsp3) is 0.200. The summed E-state index contributed by atoms with van der Waals surface area (Å²) < 4.78 is 27.0. The molecular weight excluding hydrogens is 294 g/mol. The molecule has 0 spiro atoms. The minimum absolute atomic E-state index is 0.182. The lowest BCUT2D eigenvalue weighted by atomic mass is 10.1. The van der Waals surface area contributed by atoms with Gasteiger partial charge in [0.2, 0.25) is 10.0 Å². The third kappa shape index (κ3) is 3.39. The van der Waals surface area contributed by atoms with E-state index in [-0.39, 0.29) is 11.4 Å². The van der Waals surface area contributed by atoms with Gasteiger partial charge in [0.05, 0.1) is 4.90 Å². The highest BCUT2D eigenvalue weighted by Gasteiger charge is 2.14.